The van der Waals surface area contributed by atoms with Crippen molar-refractivity contribution in [3.8, 4) is 0 Å². The molecule has 5 nitrogen and oxygen atoms in total. The van der Waals surface area contributed by atoms with Crippen LogP contribution in [0.2, 0.25) is 0 Å². The Kier molecular flexibility index (Phi) is 7.20. The Labute approximate surface area is 94.7 Å². The van der Waals surface area contributed by atoms with Crippen molar-refractivity contribution in [2.75, 3.05) is 0 Å². The molecular formula is C11H18O5. The Bertz CT molecular complexity index is 259. The first kappa shape index (κ1) is 14.6. The Morgan fingerprint density at radius 3 is 2.50 bits per heavy atom. The molecule has 0 aromatic heterocycles. The summed E-state index contributed by atoms with van der Waals surface area (Å²) < 4.78 is 4.61. The number of unbranched alkanes of at least 4 members (excludes halogenated alkanes) is 2. The largest absolute Gasteiger partial charge is 0.481 e. The van der Waals surface area contributed by atoms with Crippen LogP contribution in [0.1, 0.15) is 39.0 Å². The maximum Gasteiger partial charge on any atom is 0.336 e. The molecule has 1 unspecified atom stereocenters. The zero-order chi connectivity index (χ0) is 12.6. The molecule has 0 aliphatic rings. The Hall–Kier alpha value is -1.36. The number of hydrogen-bond donors (Lipinski definition) is 2. The average molecular weight is 230 g/mol. The van der Waals surface area contributed by atoms with Gasteiger partial charge in [0.25, 0.3) is 0 Å². The van der Waals surface area contributed by atoms with Crippen LogP contribution in [-0.4, -0.2) is 28.4 Å². The molecule has 2 N–H and O–H groups in total. The van der Waals surface area contributed by atoms with E-state index in [-0.39, 0.29) is 5.57 Å². The van der Waals surface area contributed by atoms with Gasteiger partial charge < -0.3 is 14.9 Å². The number of esters is 1. The van der Waals surface area contributed by atoms with Gasteiger partial charge in [-0.3, -0.25) is 4.79 Å². The quantitative estimate of drug-likeness (QED) is 0.285. The molecule has 0 aliphatic heterocycles. The Balaban J connectivity index is 3.85. The van der Waals surface area contributed by atoms with Crippen LogP contribution >= 0.6 is 0 Å². The summed E-state index contributed by atoms with van der Waals surface area (Å²) in [6.07, 6.45) is 1.43. The molecule has 0 fully saturated rings. The molecule has 0 amide bonds. The number of carboxylic acid groups (broad SMARTS) is 1. The topological polar surface area (TPSA) is 83.8 Å². The van der Waals surface area contributed by atoms with Crippen LogP contribution in [0.25, 0.3) is 0 Å². The summed E-state index contributed by atoms with van der Waals surface area (Å²) in [5.74, 6) is -2.01. The standard InChI is InChI=1S/C11H18O5/c1-3-4-5-6-10(14)16-11(15)8(2)7-9(12)13/h10,14H,2-7H2,1H3,(H,12,13). The molecule has 0 saturated carbocycles. The van der Waals surface area contributed by atoms with E-state index in [0.717, 1.165) is 19.3 Å². The first-order valence-corrected chi connectivity index (χ1v) is 5.26. The van der Waals surface area contributed by atoms with Crippen molar-refractivity contribution in [1.82, 2.24) is 0 Å². The van der Waals surface area contributed by atoms with E-state index in [4.69, 9.17) is 5.11 Å². The highest BCUT2D eigenvalue weighted by atomic mass is 16.6. The maximum absolute atomic E-state index is 11.2. The monoisotopic (exact) mass is 230 g/mol. The van der Waals surface area contributed by atoms with Crippen molar-refractivity contribution in [3.63, 3.8) is 0 Å². The normalized spacial score (nSPS) is 11.9. The van der Waals surface area contributed by atoms with Crippen molar-refractivity contribution >= 4 is 11.9 Å². The minimum absolute atomic E-state index is 0.165. The lowest BCUT2D eigenvalue weighted by molar-refractivity contribution is -0.164. The lowest BCUT2D eigenvalue weighted by Gasteiger charge is -2.12. The number of aliphatic carboxylic acids is 1. The van der Waals surface area contributed by atoms with Crippen molar-refractivity contribution in [3.05, 3.63) is 12.2 Å². The highest BCUT2D eigenvalue weighted by Crippen LogP contribution is 2.08. The van der Waals surface area contributed by atoms with E-state index < -0.39 is 24.6 Å². The van der Waals surface area contributed by atoms with Crippen LogP contribution in [0.15, 0.2) is 12.2 Å². The van der Waals surface area contributed by atoms with Crippen LogP contribution in [0, 0.1) is 0 Å². The minimum Gasteiger partial charge on any atom is -0.481 e. The molecule has 0 heterocycles. The first-order valence-electron chi connectivity index (χ1n) is 5.26. The van der Waals surface area contributed by atoms with Crippen molar-refractivity contribution in [1.29, 1.82) is 0 Å². The second-order valence-corrected chi connectivity index (χ2v) is 3.53. The summed E-state index contributed by atoms with van der Waals surface area (Å²) in [7, 11) is 0. The van der Waals surface area contributed by atoms with Gasteiger partial charge in [0.2, 0.25) is 6.29 Å². The van der Waals surface area contributed by atoms with Gasteiger partial charge in [0.05, 0.1) is 6.42 Å². The molecular weight excluding hydrogens is 212 g/mol. The van der Waals surface area contributed by atoms with Crippen LogP contribution in [-0.2, 0) is 14.3 Å². The molecule has 0 aliphatic carbocycles. The van der Waals surface area contributed by atoms with Gasteiger partial charge in [-0.1, -0.05) is 26.3 Å². The van der Waals surface area contributed by atoms with Crippen LogP contribution in [0.3, 0.4) is 0 Å². The molecule has 0 rings (SSSR count). The lowest BCUT2D eigenvalue weighted by Crippen LogP contribution is -2.19. The second-order valence-electron chi connectivity index (χ2n) is 3.53. The van der Waals surface area contributed by atoms with Gasteiger partial charge in [-0.2, -0.15) is 0 Å². The number of carbonyl (C=O) groups is 2. The number of rotatable bonds is 8. The highest BCUT2D eigenvalue weighted by Gasteiger charge is 2.16. The van der Waals surface area contributed by atoms with Gasteiger partial charge in [0.15, 0.2) is 0 Å². The third-order valence-corrected chi connectivity index (χ3v) is 1.95. The predicted molar refractivity (Wildman–Crippen MR) is 57.6 cm³/mol. The van der Waals surface area contributed by atoms with Gasteiger partial charge in [0, 0.05) is 12.0 Å². The van der Waals surface area contributed by atoms with Crippen molar-refractivity contribution in [2.24, 2.45) is 0 Å². The molecule has 92 valence electrons. The molecule has 0 bridgehead atoms. The lowest BCUT2D eigenvalue weighted by atomic mass is 10.2. The van der Waals surface area contributed by atoms with Crippen LogP contribution in [0.4, 0.5) is 0 Å². The van der Waals surface area contributed by atoms with Crippen molar-refractivity contribution in [2.45, 2.75) is 45.3 Å². The van der Waals surface area contributed by atoms with E-state index in [1.165, 1.54) is 0 Å². The molecule has 0 aromatic carbocycles. The zero-order valence-corrected chi connectivity index (χ0v) is 9.44. The van der Waals surface area contributed by atoms with E-state index in [2.05, 4.69) is 11.3 Å². The fourth-order valence-corrected chi connectivity index (χ4v) is 1.09. The molecule has 0 saturated heterocycles. The van der Waals surface area contributed by atoms with Gasteiger partial charge in [0.1, 0.15) is 0 Å². The summed E-state index contributed by atoms with van der Waals surface area (Å²) in [5, 5.41) is 17.7. The zero-order valence-electron chi connectivity index (χ0n) is 9.44. The number of aliphatic hydroxyl groups excluding tert-OH is 1. The molecule has 16 heavy (non-hydrogen) atoms. The number of hydrogen-bond acceptors (Lipinski definition) is 4. The Morgan fingerprint density at radius 2 is 2.00 bits per heavy atom. The molecule has 1 atom stereocenters. The van der Waals surface area contributed by atoms with E-state index in [1.54, 1.807) is 0 Å². The van der Waals surface area contributed by atoms with Crippen LogP contribution < -0.4 is 0 Å². The Morgan fingerprint density at radius 1 is 1.38 bits per heavy atom. The molecule has 0 radical (unpaired) electrons. The number of ether oxygens (including phenoxy) is 1. The van der Waals surface area contributed by atoms with Gasteiger partial charge in [-0.25, -0.2) is 4.79 Å². The highest BCUT2D eigenvalue weighted by molar-refractivity contribution is 5.92. The fourth-order valence-electron chi connectivity index (χ4n) is 1.09. The van der Waals surface area contributed by atoms with E-state index in [0.29, 0.717) is 6.42 Å². The predicted octanol–water partition coefficient (Wildman–Crippen LogP) is 1.46. The second kappa shape index (κ2) is 7.87. The van der Waals surface area contributed by atoms with E-state index >= 15 is 0 Å². The number of carbonyl (C=O) groups excluding carboxylic acids is 1. The summed E-state index contributed by atoms with van der Waals surface area (Å²) in [4.78, 5) is 21.5. The van der Waals surface area contributed by atoms with Crippen molar-refractivity contribution < 1.29 is 24.5 Å². The minimum atomic E-state index is -1.18. The summed E-state index contributed by atoms with van der Waals surface area (Å²) in [5.41, 5.74) is -0.165. The summed E-state index contributed by atoms with van der Waals surface area (Å²) in [6.45, 7) is 5.30. The smallest absolute Gasteiger partial charge is 0.336 e. The summed E-state index contributed by atoms with van der Waals surface area (Å²) >= 11 is 0. The summed E-state index contributed by atoms with van der Waals surface area (Å²) in [6, 6.07) is 0. The third kappa shape index (κ3) is 7.00. The van der Waals surface area contributed by atoms with Crippen LogP contribution in [0.5, 0.6) is 0 Å². The average Bonchev–Trinajstić information content (AvgIpc) is 2.16. The third-order valence-electron chi connectivity index (χ3n) is 1.95. The fraction of sp³-hybridized carbons (Fsp3) is 0.636. The van der Waals surface area contributed by atoms with E-state index in [9.17, 15) is 14.7 Å². The molecule has 0 spiro atoms. The molecule has 0 aromatic rings. The SMILES string of the molecule is C=C(CC(=O)O)C(=O)OC(O)CCCCC. The number of carboxylic acids is 1. The molecule has 5 heteroatoms. The van der Waals surface area contributed by atoms with Gasteiger partial charge >= 0.3 is 11.9 Å². The van der Waals surface area contributed by atoms with E-state index in [1.807, 2.05) is 6.92 Å². The first-order chi connectivity index (χ1) is 7.47. The van der Waals surface area contributed by atoms with Gasteiger partial charge in [-0.15, -0.1) is 0 Å². The maximum atomic E-state index is 11.2. The number of aliphatic hydroxyl groups is 1. The van der Waals surface area contributed by atoms with Gasteiger partial charge in [-0.05, 0) is 6.42 Å².